The first-order valence-corrected chi connectivity index (χ1v) is 11.5. The molecule has 3 N–H and O–H groups in total. The first-order chi connectivity index (χ1) is 15.9. The Morgan fingerprint density at radius 1 is 1.06 bits per heavy atom. The predicted molar refractivity (Wildman–Crippen MR) is 124 cm³/mol. The third kappa shape index (κ3) is 5.53. The van der Waals surface area contributed by atoms with Crippen LogP contribution in [0, 0.1) is 0 Å². The van der Waals surface area contributed by atoms with Gasteiger partial charge in [0.15, 0.2) is 0 Å². The van der Waals surface area contributed by atoms with E-state index in [1.807, 2.05) is 31.2 Å². The molecular weight excluding hydrogens is 420 g/mol. The number of carboxylic acid groups (broad SMARTS) is 1. The molecule has 1 saturated carbocycles. The molecule has 174 valence electrons. The van der Waals surface area contributed by atoms with Gasteiger partial charge in [-0.25, -0.2) is 4.79 Å². The zero-order valence-corrected chi connectivity index (χ0v) is 18.8. The van der Waals surface area contributed by atoms with Crippen molar-refractivity contribution in [3.63, 3.8) is 0 Å². The number of ether oxygens (including phenoxy) is 1. The topological polar surface area (TPSA) is 105 Å². The number of rotatable bonds is 10. The standard InChI is InChI=1S/C26H30N2O5/c1-17(7-6-12-24(30)31)27-23(29)15-26(13-14-26)28-25(32)33-16-22-20-10-4-2-8-18(20)19-9-3-5-11-21(19)22/h2-5,8-11,17,22H,6-7,12-16H2,1H3,(H,27,29)(H,28,32)(H,30,31). The molecule has 0 aromatic heterocycles. The number of hydrogen-bond donors (Lipinski definition) is 3. The Bertz CT molecular complexity index is 1000. The Balaban J connectivity index is 1.27. The van der Waals surface area contributed by atoms with Crippen molar-refractivity contribution >= 4 is 18.0 Å². The Morgan fingerprint density at radius 2 is 1.67 bits per heavy atom. The van der Waals surface area contributed by atoms with E-state index in [4.69, 9.17) is 9.84 Å². The maximum atomic E-state index is 12.6. The molecule has 0 bridgehead atoms. The molecule has 2 aromatic rings. The first-order valence-electron chi connectivity index (χ1n) is 11.5. The van der Waals surface area contributed by atoms with E-state index in [-0.39, 0.29) is 37.3 Å². The molecule has 4 rings (SSSR count). The maximum absolute atomic E-state index is 12.6. The van der Waals surface area contributed by atoms with E-state index in [0.717, 1.165) is 24.0 Å². The van der Waals surface area contributed by atoms with Crippen LogP contribution >= 0.6 is 0 Å². The second-order valence-corrected chi connectivity index (χ2v) is 9.16. The summed E-state index contributed by atoms with van der Waals surface area (Å²) in [5.74, 6) is -0.986. The van der Waals surface area contributed by atoms with E-state index >= 15 is 0 Å². The monoisotopic (exact) mass is 450 g/mol. The largest absolute Gasteiger partial charge is 0.481 e. The van der Waals surface area contributed by atoms with Crippen LogP contribution < -0.4 is 10.6 Å². The van der Waals surface area contributed by atoms with Gasteiger partial charge in [-0.15, -0.1) is 0 Å². The zero-order chi connectivity index (χ0) is 23.4. The molecule has 0 aliphatic heterocycles. The normalized spacial score (nSPS) is 16.3. The van der Waals surface area contributed by atoms with E-state index < -0.39 is 17.6 Å². The fourth-order valence-corrected chi connectivity index (χ4v) is 4.61. The number of carboxylic acids is 1. The summed E-state index contributed by atoms with van der Waals surface area (Å²) < 4.78 is 5.62. The second-order valence-electron chi connectivity index (χ2n) is 9.16. The quantitative estimate of drug-likeness (QED) is 0.503. The lowest BCUT2D eigenvalue weighted by Crippen LogP contribution is -2.43. The van der Waals surface area contributed by atoms with Crippen molar-refractivity contribution in [3.05, 3.63) is 59.7 Å². The molecule has 2 aliphatic carbocycles. The highest BCUT2D eigenvalue weighted by Gasteiger charge is 2.46. The highest BCUT2D eigenvalue weighted by molar-refractivity contribution is 5.80. The minimum Gasteiger partial charge on any atom is -0.481 e. The van der Waals surface area contributed by atoms with Gasteiger partial charge in [0.2, 0.25) is 5.91 Å². The Hall–Kier alpha value is -3.35. The van der Waals surface area contributed by atoms with Gasteiger partial charge >= 0.3 is 12.1 Å². The van der Waals surface area contributed by atoms with Gasteiger partial charge in [-0.2, -0.15) is 0 Å². The summed E-state index contributed by atoms with van der Waals surface area (Å²) in [5, 5.41) is 14.5. The lowest BCUT2D eigenvalue weighted by atomic mass is 9.98. The fraction of sp³-hybridized carbons (Fsp3) is 0.423. The smallest absolute Gasteiger partial charge is 0.407 e. The van der Waals surface area contributed by atoms with Gasteiger partial charge in [0, 0.05) is 24.8 Å². The molecule has 7 nitrogen and oxygen atoms in total. The lowest BCUT2D eigenvalue weighted by molar-refractivity contribution is -0.137. The number of hydrogen-bond acceptors (Lipinski definition) is 4. The molecule has 1 fully saturated rings. The average Bonchev–Trinajstić information content (AvgIpc) is 3.44. The molecule has 1 unspecified atom stereocenters. The summed E-state index contributed by atoms with van der Waals surface area (Å²) in [6.07, 6.45) is 2.37. The molecule has 7 heteroatoms. The third-order valence-corrected chi connectivity index (χ3v) is 6.50. The van der Waals surface area contributed by atoms with Crippen LogP contribution in [0.15, 0.2) is 48.5 Å². The van der Waals surface area contributed by atoms with Crippen LogP contribution in [0.4, 0.5) is 4.79 Å². The van der Waals surface area contributed by atoms with Crippen molar-refractivity contribution in [2.45, 2.75) is 62.9 Å². The number of fused-ring (bicyclic) bond motifs is 3. The van der Waals surface area contributed by atoms with Crippen LogP contribution in [-0.4, -0.2) is 41.3 Å². The summed E-state index contributed by atoms with van der Waals surface area (Å²) in [6, 6.07) is 16.3. The summed E-state index contributed by atoms with van der Waals surface area (Å²) in [5.41, 5.74) is 4.12. The molecule has 0 radical (unpaired) electrons. The highest BCUT2D eigenvalue weighted by Crippen LogP contribution is 2.44. The number of nitrogens with one attached hydrogen (secondary N) is 2. The second kappa shape index (κ2) is 9.65. The van der Waals surface area contributed by atoms with Crippen molar-refractivity contribution in [1.82, 2.24) is 10.6 Å². The van der Waals surface area contributed by atoms with Crippen LogP contribution in [0.2, 0.25) is 0 Å². The van der Waals surface area contributed by atoms with Gasteiger partial charge in [0.25, 0.3) is 0 Å². The fourth-order valence-electron chi connectivity index (χ4n) is 4.61. The molecular formula is C26H30N2O5. The third-order valence-electron chi connectivity index (χ3n) is 6.50. The number of aliphatic carboxylic acids is 1. The molecule has 33 heavy (non-hydrogen) atoms. The van der Waals surface area contributed by atoms with Gasteiger partial charge in [-0.05, 0) is 54.9 Å². The Kier molecular flexibility index (Phi) is 6.67. The van der Waals surface area contributed by atoms with Gasteiger partial charge in [-0.1, -0.05) is 48.5 Å². The lowest BCUT2D eigenvalue weighted by Gasteiger charge is -2.20. The van der Waals surface area contributed by atoms with E-state index in [9.17, 15) is 14.4 Å². The van der Waals surface area contributed by atoms with Crippen molar-refractivity contribution < 1.29 is 24.2 Å². The van der Waals surface area contributed by atoms with Crippen molar-refractivity contribution in [3.8, 4) is 11.1 Å². The molecule has 2 aromatic carbocycles. The van der Waals surface area contributed by atoms with Crippen molar-refractivity contribution in [2.75, 3.05) is 6.61 Å². The van der Waals surface area contributed by atoms with E-state index in [1.54, 1.807) is 0 Å². The van der Waals surface area contributed by atoms with E-state index in [1.165, 1.54) is 11.1 Å². The minimum atomic E-state index is -0.835. The SMILES string of the molecule is CC(CCCC(=O)O)NC(=O)CC1(NC(=O)OCC2c3ccccc3-c3ccccc32)CC1. The van der Waals surface area contributed by atoms with Gasteiger partial charge < -0.3 is 20.5 Å². The summed E-state index contributed by atoms with van der Waals surface area (Å²) in [7, 11) is 0. The molecule has 0 saturated heterocycles. The van der Waals surface area contributed by atoms with Gasteiger partial charge in [0.1, 0.15) is 6.61 Å². The van der Waals surface area contributed by atoms with Crippen LogP contribution in [0.5, 0.6) is 0 Å². The van der Waals surface area contributed by atoms with E-state index in [0.29, 0.717) is 12.8 Å². The van der Waals surface area contributed by atoms with Crippen LogP contribution in [0.25, 0.3) is 11.1 Å². The minimum absolute atomic E-state index is 0.00625. The number of alkyl carbamates (subject to hydrolysis) is 1. The zero-order valence-electron chi connectivity index (χ0n) is 18.8. The van der Waals surface area contributed by atoms with Crippen LogP contribution in [-0.2, 0) is 14.3 Å². The number of carbonyl (C=O) groups is 3. The molecule has 0 spiro atoms. The van der Waals surface area contributed by atoms with Crippen LogP contribution in [0.1, 0.15) is 62.5 Å². The van der Waals surface area contributed by atoms with E-state index in [2.05, 4.69) is 34.9 Å². The maximum Gasteiger partial charge on any atom is 0.407 e. The average molecular weight is 451 g/mol. The highest BCUT2D eigenvalue weighted by atomic mass is 16.5. The first kappa shape index (κ1) is 22.8. The predicted octanol–water partition coefficient (Wildman–Crippen LogP) is 4.21. The molecule has 2 amide bonds. The summed E-state index contributed by atoms with van der Waals surface area (Å²) >= 11 is 0. The summed E-state index contributed by atoms with van der Waals surface area (Å²) in [6.45, 7) is 2.10. The Labute approximate surface area is 193 Å². The van der Waals surface area contributed by atoms with Crippen molar-refractivity contribution in [1.29, 1.82) is 0 Å². The molecule has 0 heterocycles. The number of amides is 2. The van der Waals surface area contributed by atoms with Gasteiger partial charge in [0.05, 0.1) is 5.54 Å². The Morgan fingerprint density at radius 3 is 2.24 bits per heavy atom. The number of benzene rings is 2. The number of carbonyl (C=O) groups excluding carboxylic acids is 2. The molecule has 2 aliphatic rings. The van der Waals surface area contributed by atoms with Crippen molar-refractivity contribution in [2.24, 2.45) is 0 Å². The summed E-state index contributed by atoms with van der Waals surface area (Å²) in [4.78, 5) is 35.6. The molecule has 1 atom stereocenters. The van der Waals surface area contributed by atoms with Gasteiger partial charge in [-0.3, -0.25) is 9.59 Å². The van der Waals surface area contributed by atoms with Crippen LogP contribution in [0.3, 0.4) is 0 Å².